The Labute approximate surface area is 200 Å². The Balaban J connectivity index is 1.71. The van der Waals surface area contributed by atoms with Crippen molar-refractivity contribution < 1.29 is 9.53 Å². The van der Waals surface area contributed by atoms with Crippen LogP contribution in [0.2, 0.25) is 0 Å². The number of nitrogens with zero attached hydrogens (tertiary/aromatic N) is 3. The van der Waals surface area contributed by atoms with Crippen LogP contribution in [0.15, 0.2) is 80.8 Å². The van der Waals surface area contributed by atoms with Crippen LogP contribution in [0.3, 0.4) is 0 Å². The number of carbonyl (C=O) groups excluding carboxylic acids is 1. The third-order valence-electron chi connectivity index (χ3n) is 4.30. The van der Waals surface area contributed by atoms with E-state index in [1.807, 2.05) is 61.5 Å². The fourth-order valence-electron chi connectivity index (χ4n) is 2.85. The molecule has 31 heavy (non-hydrogen) atoms. The molecule has 1 amide bonds. The van der Waals surface area contributed by atoms with Gasteiger partial charge in [-0.3, -0.25) is 4.79 Å². The first-order valence-electron chi connectivity index (χ1n) is 9.46. The van der Waals surface area contributed by atoms with Crippen LogP contribution >= 0.6 is 43.2 Å². The molecule has 4 aromatic rings. The maximum Gasteiger partial charge on any atom is 0.280 e. The number of thiazole rings is 1. The van der Waals surface area contributed by atoms with E-state index in [1.54, 1.807) is 18.3 Å². The molecule has 156 valence electrons. The van der Waals surface area contributed by atoms with Crippen LogP contribution in [-0.2, 0) is 0 Å². The third kappa shape index (κ3) is 5.20. The minimum Gasteiger partial charge on any atom is -0.494 e. The minimum absolute atomic E-state index is 0.262. The molecule has 0 atom stereocenters. The van der Waals surface area contributed by atoms with Crippen LogP contribution in [0.4, 0.5) is 5.13 Å². The Hall–Kier alpha value is -2.55. The molecule has 1 heterocycles. The number of halogens is 2. The first-order chi connectivity index (χ1) is 15.0. The van der Waals surface area contributed by atoms with Gasteiger partial charge in [0.25, 0.3) is 5.91 Å². The van der Waals surface area contributed by atoms with Gasteiger partial charge in [0, 0.05) is 14.5 Å². The van der Waals surface area contributed by atoms with Crippen LogP contribution in [0.25, 0.3) is 10.2 Å². The number of hydrogen-bond acceptors (Lipinski definition) is 5. The highest BCUT2D eigenvalue weighted by Gasteiger charge is 2.21. The van der Waals surface area contributed by atoms with Crippen molar-refractivity contribution in [2.45, 2.75) is 6.92 Å². The molecule has 3 aromatic carbocycles. The fourth-order valence-corrected chi connectivity index (χ4v) is 4.72. The number of rotatable bonds is 6. The van der Waals surface area contributed by atoms with E-state index in [9.17, 15) is 4.79 Å². The van der Waals surface area contributed by atoms with E-state index in [1.165, 1.54) is 16.3 Å². The van der Waals surface area contributed by atoms with Crippen molar-refractivity contribution in [3.8, 4) is 5.75 Å². The van der Waals surface area contributed by atoms with Crippen molar-refractivity contribution in [2.75, 3.05) is 11.6 Å². The van der Waals surface area contributed by atoms with E-state index < -0.39 is 0 Å². The van der Waals surface area contributed by atoms with Crippen LogP contribution in [0, 0.1) is 0 Å². The second-order valence-electron chi connectivity index (χ2n) is 6.48. The van der Waals surface area contributed by atoms with Gasteiger partial charge in [0.2, 0.25) is 5.13 Å². The SMILES string of the molecule is CCOc1ccc(/C=N/N(C(=O)c2cccc(Br)c2)c2nc3ccc(Br)cc3s2)cc1. The van der Waals surface area contributed by atoms with Gasteiger partial charge in [-0.05, 0) is 73.2 Å². The van der Waals surface area contributed by atoms with Gasteiger partial charge >= 0.3 is 0 Å². The van der Waals surface area contributed by atoms with E-state index in [2.05, 4.69) is 41.9 Å². The molecule has 0 aliphatic heterocycles. The number of hydrazone groups is 1. The monoisotopic (exact) mass is 557 g/mol. The first-order valence-corrected chi connectivity index (χ1v) is 11.9. The minimum atomic E-state index is -0.262. The van der Waals surface area contributed by atoms with Crippen molar-refractivity contribution >= 4 is 70.7 Å². The lowest BCUT2D eigenvalue weighted by molar-refractivity contribution is 0.0988. The average molecular weight is 559 g/mol. The summed E-state index contributed by atoms with van der Waals surface area (Å²) in [6.07, 6.45) is 1.65. The fraction of sp³-hybridized carbons (Fsp3) is 0.0870. The predicted octanol–water partition coefficient (Wildman–Crippen LogP) is 6.90. The predicted molar refractivity (Wildman–Crippen MR) is 133 cm³/mol. The number of benzene rings is 3. The van der Waals surface area contributed by atoms with Crippen molar-refractivity contribution in [1.82, 2.24) is 4.98 Å². The van der Waals surface area contributed by atoms with E-state index in [0.717, 1.165) is 30.5 Å². The molecular weight excluding hydrogens is 542 g/mol. The van der Waals surface area contributed by atoms with Crippen LogP contribution in [-0.4, -0.2) is 23.7 Å². The van der Waals surface area contributed by atoms with E-state index in [0.29, 0.717) is 17.3 Å². The maximum absolute atomic E-state index is 13.3. The topological polar surface area (TPSA) is 54.8 Å². The van der Waals surface area contributed by atoms with Crippen LogP contribution in [0.5, 0.6) is 5.75 Å². The molecule has 0 N–H and O–H groups in total. The number of amides is 1. The molecule has 0 fully saturated rings. The van der Waals surface area contributed by atoms with Gasteiger partial charge < -0.3 is 4.74 Å². The highest BCUT2D eigenvalue weighted by atomic mass is 79.9. The molecule has 8 heteroatoms. The normalized spacial score (nSPS) is 11.2. The van der Waals surface area contributed by atoms with Gasteiger partial charge in [-0.1, -0.05) is 49.3 Å². The van der Waals surface area contributed by atoms with Crippen LogP contribution in [0.1, 0.15) is 22.8 Å². The summed E-state index contributed by atoms with van der Waals surface area (Å²) < 4.78 is 8.22. The highest BCUT2D eigenvalue weighted by Crippen LogP contribution is 2.32. The molecule has 0 saturated carbocycles. The Bertz CT molecular complexity index is 1260. The smallest absolute Gasteiger partial charge is 0.280 e. The second-order valence-corrected chi connectivity index (χ2v) is 9.32. The summed E-state index contributed by atoms with van der Waals surface area (Å²) in [6.45, 7) is 2.55. The molecule has 5 nitrogen and oxygen atoms in total. The zero-order valence-corrected chi connectivity index (χ0v) is 20.4. The highest BCUT2D eigenvalue weighted by molar-refractivity contribution is 9.10. The van der Waals surface area contributed by atoms with E-state index in [-0.39, 0.29) is 5.91 Å². The standard InChI is InChI=1S/C23H17Br2N3O2S/c1-2-30-19-9-6-15(7-10-19)14-26-28(22(29)16-4-3-5-17(24)12-16)23-27-20-11-8-18(25)13-21(20)31-23/h3-14H,2H2,1H3/b26-14+. The van der Waals surface area contributed by atoms with Crippen LogP contribution < -0.4 is 9.75 Å². The van der Waals surface area contributed by atoms with Crippen molar-refractivity contribution in [3.63, 3.8) is 0 Å². The van der Waals surface area contributed by atoms with Gasteiger partial charge in [0.1, 0.15) is 5.75 Å². The van der Waals surface area contributed by atoms with Gasteiger partial charge in [-0.2, -0.15) is 10.1 Å². The van der Waals surface area contributed by atoms with Gasteiger partial charge in [0.05, 0.1) is 23.0 Å². The number of fused-ring (bicyclic) bond motifs is 1. The quantitative estimate of drug-likeness (QED) is 0.191. The molecular formula is C23H17Br2N3O2S. The van der Waals surface area contributed by atoms with Gasteiger partial charge in [0.15, 0.2) is 0 Å². The van der Waals surface area contributed by atoms with E-state index >= 15 is 0 Å². The number of carbonyl (C=O) groups is 1. The number of ether oxygens (including phenoxy) is 1. The summed E-state index contributed by atoms with van der Waals surface area (Å²) in [5.41, 5.74) is 2.17. The molecule has 0 bridgehead atoms. The maximum atomic E-state index is 13.3. The van der Waals surface area contributed by atoms with Crippen molar-refractivity contribution in [2.24, 2.45) is 5.10 Å². The molecule has 0 unspecified atom stereocenters. The number of aromatic nitrogens is 1. The van der Waals surface area contributed by atoms with Gasteiger partial charge in [-0.25, -0.2) is 4.98 Å². The Morgan fingerprint density at radius 2 is 1.87 bits per heavy atom. The number of hydrogen-bond donors (Lipinski definition) is 0. The summed E-state index contributed by atoms with van der Waals surface area (Å²) in [4.78, 5) is 18.0. The lowest BCUT2D eigenvalue weighted by atomic mass is 10.2. The van der Waals surface area contributed by atoms with Crippen molar-refractivity contribution in [1.29, 1.82) is 0 Å². The average Bonchev–Trinajstić information content (AvgIpc) is 3.18. The summed E-state index contributed by atoms with van der Waals surface area (Å²) in [6, 6.07) is 20.6. The Kier molecular flexibility index (Phi) is 6.80. The van der Waals surface area contributed by atoms with E-state index in [4.69, 9.17) is 4.74 Å². The summed E-state index contributed by atoms with van der Waals surface area (Å²) in [7, 11) is 0. The molecule has 0 saturated heterocycles. The molecule has 0 spiro atoms. The third-order valence-corrected chi connectivity index (χ3v) is 6.28. The summed E-state index contributed by atoms with van der Waals surface area (Å²) >= 11 is 8.32. The van der Waals surface area contributed by atoms with Crippen molar-refractivity contribution in [3.05, 3.63) is 86.8 Å². The molecule has 0 radical (unpaired) electrons. The molecule has 4 rings (SSSR count). The summed E-state index contributed by atoms with van der Waals surface area (Å²) in [5.74, 6) is 0.528. The molecule has 0 aliphatic rings. The lowest BCUT2D eigenvalue weighted by Gasteiger charge is -2.14. The first kappa shape index (κ1) is 21.7. The molecule has 0 aliphatic carbocycles. The Morgan fingerprint density at radius 1 is 1.10 bits per heavy atom. The largest absolute Gasteiger partial charge is 0.494 e. The number of anilines is 1. The summed E-state index contributed by atoms with van der Waals surface area (Å²) in [5, 5.41) is 6.35. The lowest BCUT2D eigenvalue weighted by Crippen LogP contribution is -2.25. The zero-order chi connectivity index (χ0) is 21.8. The zero-order valence-electron chi connectivity index (χ0n) is 16.5. The van der Waals surface area contributed by atoms with Gasteiger partial charge in [-0.15, -0.1) is 0 Å². The molecule has 1 aromatic heterocycles. The second kappa shape index (κ2) is 9.72. The Morgan fingerprint density at radius 3 is 2.61 bits per heavy atom.